The number of rotatable bonds is 5. The minimum Gasteiger partial charge on any atom is -0.481 e. The van der Waals surface area contributed by atoms with Crippen molar-refractivity contribution in [2.75, 3.05) is 13.2 Å². The number of benzene rings is 1. The number of amides is 1. The Morgan fingerprint density at radius 1 is 1.31 bits per heavy atom. The Hall–Kier alpha value is -2.67. The maximum Gasteiger partial charge on any atom is 0.311 e. The van der Waals surface area contributed by atoms with Crippen LogP contribution in [0.2, 0.25) is 0 Å². The van der Waals surface area contributed by atoms with Crippen LogP contribution in [0.3, 0.4) is 0 Å². The van der Waals surface area contributed by atoms with Crippen molar-refractivity contribution in [2.24, 2.45) is 0 Å². The fourth-order valence-corrected chi connectivity index (χ4v) is 3.34. The number of carboxylic acids is 1. The third-order valence-electron chi connectivity index (χ3n) is 4.67. The number of aryl methyl sites for hydroxylation is 1. The quantitative estimate of drug-likeness (QED) is 0.855. The molecule has 1 aromatic carbocycles. The van der Waals surface area contributed by atoms with Crippen LogP contribution in [0.15, 0.2) is 34.9 Å². The van der Waals surface area contributed by atoms with E-state index in [2.05, 4.69) is 5.32 Å². The van der Waals surface area contributed by atoms with Crippen LogP contribution in [0.5, 0.6) is 0 Å². The highest BCUT2D eigenvalue weighted by molar-refractivity contribution is 5.98. The molecule has 26 heavy (non-hydrogen) atoms. The first-order chi connectivity index (χ1) is 12.4. The number of carbonyl (C=O) groups excluding carboxylic acids is 1. The minimum absolute atomic E-state index is 0.106. The second-order valence-corrected chi connectivity index (χ2v) is 6.45. The maximum absolute atomic E-state index is 13.8. The summed E-state index contributed by atoms with van der Waals surface area (Å²) < 4.78 is 24.4. The molecule has 2 heterocycles. The zero-order valence-electron chi connectivity index (χ0n) is 14.4. The summed E-state index contributed by atoms with van der Waals surface area (Å²) in [6.07, 6.45) is 1.97. The van der Waals surface area contributed by atoms with Crippen LogP contribution in [-0.2, 0) is 21.5 Å². The Labute approximate surface area is 150 Å². The highest BCUT2D eigenvalue weighted by Crippen LogP contribution is 2.33. The molecule has 0 spiro atoms. The molecular formula is C19H20FNO5. The van der Waals surface area contributed by atoms with E-state index in [1.54, 1.807) is 19.1 Å². The molecule has 1 amide bonds. The zero-order valence-corrected chi connectivity index (χ0v) is 14.4. The second kappa shape index (κ2) is 7.29. The average molecular weight is 361 g/mol. The van der Waals surface area contributed by atoms with Crippen LogP contribution in [0, 0.1) is 12.7 Å². The average Bonchev–Trinajstić information content (AvgIpc) is 2.95. The molecule has 0 bridgehead atoms. The standard InChI is InChI=1S/C19H20FNO5/c1-12-11-26-15(10-16(22)23)17(12)18(24)21-19(5-7-25-8-6-19)13-3-2-4-14(20)9-13/h2-4,9,11H,5-8,10H2,1H3,(H,21,24)(H,22,23). The van der Waals surface area contributed by atoms with Gasteiger partial charge in [-0.2, -0.15) is 0 Å². The zero-order chi connectivity index (χ0) is 18.7. The predicted octanol–water partition coefficient (Wildman–Crippen LogP) is 2.79. The SMILES string of the molecule is Cc1coc(CC(=O)O)c1C(=O)NC1(c2cccc(F)c2)CCOCC1. The number of hydrogen-bond acceptors (Lipinski definition) is 4. The van der Waals surface area contributed by atoms with E-state index in [0.717, 1.165) is 0 Å². The summed E-state index contributed by atoms with van der Waals surface area (Å²) >= 11 is 0. The van der Waals surface area contributed by atoms with E-state index in [9.17, 15) is 14.0 Å². The van der Waals surface area contributed by atoms with Gasteiger partial charge >= 0.3 is 5.97 Å². The molecule has 1 aliphatic heterocycles. The molecule has 1 aromatic heterocycles. The topological polar surface area (TPSA) is 88.8 Å². The molecule has 1 saturated heterocycles. The van der Waals surface area contributed by atoms with Crippen LogP contribution < -0.4 is 5.32 Å². The first-order valence-corrected chi connectivity index (χ1v) is 8.36. The van der Waals surface area contributed by atoms with Crippen LogP contribution in [0.1, 0.15) is 40.1 Å². The van der Waals surface area contributed by atoms with E-state index >= 15 is 0 Å². The van der Waals surface area contributed by atoms with Crippen molar-refractivity contribution >= 4 is 11.9 Å². The molecule has 138 valence electrons. The second-order valence-electron chi connectivity index (χ2n) is 6.45. The predicted molar refractivity (Wildman–Crippen MR) is 90.4 cm³/mol. The minimum atomic E-state index is -1.08. The smallest absolute Gasteiger partial charge is 0.311 e. The van der Waals surface area contributed by atoms with Gasteiger partial charge in [0.2, 0.25) is 0 Å². The van der Waals surface area contributed by atoms with Gasteiger partial charge in [0.25, 0.3) is 5.91 Å². The molecule has 1 aliphatic rings. The number of ether oxygens (including phenoxy) is 1. The van der Waals surface area contributed by atoms with Crippen molar-refractivity contribution in [1.82, 2.24) is 5.32 Å². The summed E-state index contributed by atoms with van der Waals surface area (Å²) in [7, 11) is 0. The fraction of sp³-hybridized carbons (Fsp3) is 0.368. The van der Waals surface area contributed by atoms with E-state index in [4.69, 9.17) is 14.3 Å². The van der Waals surface area contributed by atoms with Gasteiger partial charge in [0.05, 0.1) is 17.4 Å². The first kappa shape index (κ1) is 18.1. The molecule has 2 aromatic rings. The van der Waals surface area contributed by atoms with Crippen molar-refractivity contribution in [3.05, 3.63) is 58.8 Å². The van der Waals surface area contributed by atoms with Crippen LogP contribution in [-0.4, -0.2) is 30.2 Å². The molecule has 0 radical (unpaired) electrons. The van der Waals surface area contributed by atoms with Crippen LogP contribution in [0.4, 0.5) is 4.39 Å². The number of hydrogen-bond donors (Lipinski definition) is 2. The molecule has 2 N–H and O–H groups in total. The molecule has 7 heteroatoms. The van der Waals surface area contributed by atoms with Gasteiger partial charge in [0.15, 0.2) is 0 Å². The van der Waals surface area contributed by atoms with Gasteiger partial charge in [-0.05, 0) is 37.5 Å². The monoisotopic (exact) mass is 361 g/mol. The van der Waals surface area contributed by atoms with Crippen LogP contribution in [0.25, 0.3) is 0 Å². The summed E-state index contributed by atoms with van der Waals surface area (Å²) in [6, 6.07) is 6.14. The van der Waals surface area contributed by atoms with Gasteiger partial charge < -0.3 is 19.6 Å². The molecule has 0 aliphatic carbocycles. The lowest BCUT2D eigenvalue weighted by Gasteiger charge is -2.38. The molecule has 0 unspecified atom stereocenters. The van der Waals surface area contributed by atoms with Gasteiger partial charge in [0, 0.05) is 18.8 Å². The Kier molecular flexibility index (Phi) is 5.08. The van der Waals surface area contributed by atoms with E-state index < -0.39 is 17.4 Å². The van der Waals surface area contributed by atoms with E-state index in [1.807, 2.05) is 0 Å². The van der Waals surface area contributed by atoms with E-state index in [1.165, 1.54) is 18.4 Å². The summed E-state index contributed by atoms with van der Waals surface area (Å²) in [5.41, 5.74) is 0.659. The summed E-state index contributed by atoms with van der Waals surface area (Å²) in [6.45, 7) is 2.55. The Bertz CT molecular complexity index is 823. The number of furan rings is 1. The number of halogens is 1. The lowest BCUT2D eigenvalue weighted by atomic mass is 9.82. The highest BCUT2D eigenvalue weighted by atomic mass is 19.1. The van der Waals surface area contributed by atoms with Crippen molar-refractivity contribution in [2.45, 2.75) is 31.7 Å². The maximum atomic E-state index is 13.8. The molecule has 1 fully saturated rings. The summed E-state index contributed by atoms with van der Waals surface area (Å²) in [5, 5.41) is 12.0. The Morgan fingerprint density at radius 3 is 2.69 bits per heavy atom. The third kappa shape index (κ3) is 3.62. The van der Waals surface area contributed by atoms with Crippen molar-refractivity contribution < 1.29 is 28.2 Å². The lowest BCUT2D eigenvalue weighted by Crippen LogP contribution is -2.49. The number of nitrogens with one attached hydrogen (secondary N) is 1. The van der Waals surface area contributed by atoms with Crippen molar-refractivity contribution in [3.63, 3.8) is 0 Å². The van der Waals surface area contributed by atoms with E-state index in [-0.39, 0.29) is 23.6 Å². The van der Waals surface area contributed by atoms with Gasteiger partial charge in [-0.1, -0.05) is 12.1 Å². The number of carboxylic acid groups (broad SMARTS) is 1. The third-order valence-corrected chi connectivity index (χ3v) is 4.67. The van der Waals surface area contributed by atoms with Crippen molar-refractivity contribution in [3.8, 4) is 0 Å². The van der Waals surface area contributed by atoms with E-state index in [0.29, 0.717) is 37.2 Å². The number of aliphatic carboxylic acids is 1. The van der Waals surface area contributed by atoms with Crippen LogP contribution >= 0.6 is 0 Å². The highest BCUT2D eigenvalue weighted by Gasteiger charge is 2.37. The summed E-state index contributed by atoms with van der Waals surface area (Å²) in [4.78, 5) is 24.0. The first-order valence-electron chi connectivity index (χ1n) is 8.36. The van der Waals surface area contributed by atoms with Gasteiger partial charge in [-0.15, -0.1) is 0 Å². The van der Waals surface area contributed by atoms with Gasteiger partial charge in [-0.3, -0.25) is 9.59 Å². The molecule has 3 rings (SSSR count). The molecule has 6 nitrogen and oxygen atoms in total. The fourth-order valence-electron chi connectivity index (χ4n) is 3.34. The Morgan fingerprint density at radius 2 is 2.04 bits per heavy atom. The molecule has 0 saturated carbocycles. The molecule has 0 atom stereocenters. The Balaban J connectivity index is 1.94. The molecular weight excluding hydrogens is 341 g/mol. The normalized spacial score (nSPS) is 16.2. The summed E-state index contributed by atoms with van der Waals surface area (Å²) in [5.74, 6) is -1.79. The largest absolute Gasteiger partial charge is 0.481 e. The lowest BCUT2D eigenvalue weighted by molar-refractivity contribution is -0.136. The van der Waals surface area contributed by atoms with Crippen molar-refractivity contribution in [1.29, 1.82) is 0 Å². The van der Waals surface area contributed by atoms with Gasteiger partial charge in [-0.25, -0.2) is 4.39 Å². The number of carbonyl (C=O) groups is 2. The van der Waals surface area contributed by atoms with Gasteiger partial charge in [0.1, 0.15) is 18.0 Å².